The summed E-state index contributed by atoms with van der Waals surface area (Å²) >= 11 is 0. The fraction of sp³-hybridized carbons (Fsp3) is 0.900. The van der Waals surface area contributed by atoms with Crippen LogP contribution in [0.2, 0.25) is 0 Å². The van der Waals surface area contributed by atoms with E-state index in [0.717, 1.165) is 0 Å². The zero-order chi connectivity index (χ0) is 10.6. The molecular weight excluding hydrogens is 168 g/mol. The number of hydrogen-bond acceptors (Lipinski definition) is 3. The lowest BCUT2D eigenvalue weighted by molar-refractivity contribution is -0.156. The van der Waals surface area contributed by atoms with Gasteiger partial charge in [0.2, 0.25) is 0 Å². The third-order valence-corrected chi connectivity index (χ3v) is 1.92. The molecule has 0 rings (SSSR count). The highest BCUT2D eigenvalue weighted by Gasteiger charge is 2.26. The monoisotopic (exact) mass is 188 g/mol. The maximum atomic E-state index is 11.3. The predicted molar refractivity (Wildman–Crippen MR) is 51.2 cm³/mol. The Bertz CT molecular complexity index is 164. The number of rotatable bonds is 4. The molecule has 0 aliphatic carbocycles. The Kier molecular flexibility index (Phi) is 4.99. The zero-order valence-electron chi connectivity index (χ0n) is 9.07. The first-order chi connectivity index (χ1) is 5.86. The summed E-state index contributed by atoms with van der Waals surface area (Å²) in [5.41, 5.74) is 0. The van der Waals surface area contributed by atoms with Gasteiger partial charge < -0.3 is 9.84 Å². The van der Waals surface area contributed by atoms with Gasteiger partial charge in [0, 0.05) is 0 Å². The molecule has 2 atom stereocenters. The Morgan fingerprint density at radius 3 is 1.92 bits per heavy atom. The standard InChI is InChI=1S/C10H20O3/c1-6(2)9(11)8(5)10(12)13-7(3)4/h6-9,11H,1-5H3/t8-,9+/m0/s1. The maximum Gasteiger partial charge on any atom is 0.311 e. The average Bonchev–Trinajstić information content (AvgIpc) is 2.00. The molecule has 0 fully saturated rings. The minimum atomic E-state index is -0.619. The van der Waals surface area contributed by atoms with Crippen molar-refractivity contribution in [2.45, 2.75) is 46.8 Å². The molecule has 13 heavy (non-hydrogen) atoms. The van der Waals surface area contributed by atoms with Crippen LogP contribution in [0.4, 0.5) is 0 Å². The van der Waals surface area contributed by atoms with E-state index in [4.69, 9.17) is 4.74 Å². The quantitative estimate of drug-likeness (QED) is 0.681. The molecule has 0 aromatic rings. The first kappa shape index (κ1) is 12.4. The molecule has 0 spiro atoms. The van der Waals surface area contributed by atoms with Crippen molar-refractivity contribution in [3.8, 4) is 0 Å². The SMILES string of the molecule is CC(C)OC(=O)[C@@H](C)[C@H](O)C(C)C. The predicted octanol–water partition coefficient (Wildman–Crippen LogP) is 1.59. The number of aliphatic hydroxyl groups is 1. The van der Waals surface area contributed by atoms with Gasteiger partial charge in [0.25, 0.3) is 0 Å². The van der Waals surface area contributed by atoms with E-state index >= 15 is 0 Å². The van der Waals surface area contributed by atoms with Gasteiger partial charge in [0.15, 0.2) is 0 Å². The van der Waals surface area contributed by atoms with E-state index in [1.54, 1.807) is 20.8 Å². The van der Waals surface area contributed by atoms with E-state index < -0.39 is 12.0 Å². The van der Waals surface area contributed by atoms with E-state index in [0.29, 0.717) is 0 Å². The van der Waals surface area contributed by atoms with Crippen molar-refractivity contribution in [3.63, 3.8) is 0 Å². The van der Waals surface area contributed by atoms with Crippen molar-refractivity contribution < 1.29 is 14.6 Å². The molecule has 0 heterocycles. The molecule has 0 aliphatic heterocycles. The first-order valence-electron chi connectivity index (χ1n) is 4.74. The summed E-state index contributed by atoms with van der Waals surface area (Å²) in [6.45, 7) is 9.04. The average molecular weight is 188 g/mol. The summed E-state index contributed by atoms with van der Waals surface area (Å²) in [6, 6.07) is 0. The van der Waals surface area contributed by atoms with E-state index in [2.05, 4.69) is 0 Å². The van der Waals surface area contributed by atoms with E-state index in [1.165, 1.54) is 0 Å². The lowest BCUT2D eigenvalue weighted by Crippen LogP contribution is -2.32. The lowest BCUT2D eigenvalue weighted by Gasteiger charge is -2.21. The van der Waals surface area contributed by atoms with Gasteiger partial charge in [-0.25, -0.2) is 0 Å². The van der Waals surface area contributed by atoms with Crippen LogP contribution < -0.4 is 0 Å². The second-order valence-electron chi connectivity index (χ2n) is 4.01. The summed E-state index contributed by atoms with van der Waals surface area (Å²) in [7, 11) is 0. The second-order valence-corrected chi connectivity index (χ2v) is 4.01. The number of carbonyl (C=O) groups excluding carboxylic acids is 1. The smallest absolute Gasteiger partial charge is 0.311 e. The van der Waals surface area contributed by atoms with Crippen molar-refractivity contribution in [3.05, 3.63) is 0 Å². The van der Waals surface area contributed by atoms with Gasteiger partial charge >= 0.3 is 5.97 Å². The molecule has 0 aromatic carbocycles. The fourth-order valence-corrected chi connectivity index (χ4v) is 1.06. The number of carbonyl (C=O) groups is 1. The number of hydrogen-bond donors (Lipinski definition) is 1. The van der Waals surface area contributed by atoms with Crippen LogP contribution in [0.3, 0.4) is 0 Å². The van der Waals surface area contributed by atoms with Crippen molar-refractivity contribution in [2.24, 2.45) is 11.8 Å². The second kappa shape index (κ2) is 5.22. The van der Waals surface area contributed by atoms with Crippen molar-refractivity contribution in [1.29, 1.82) is 0 Å². The third kappa shape index (κ3) is 4.27. The normalized spacial score (nSPS) is 16.0. The molecule has 1 N–H and O–H groups in total. The molecule has 0 amide bonds. The van der Waals surface area contributed by atoms with Crippen LogP contribution in [0.25, 0.3) is 0 Å². The first-order valence-corrected chi connectivity index (χ1v) is 4.74. The van der Waals surface area contributed by atoms with Crippen LogP contribution in [0.5, 0.6) is 0 Å². The van der Waals surface area contributed by atoms with Crippen LogP contribution in [0.15, 0.2) is 0 Å². The van der Waals surface area contributed by atoms with Gasteiger partial charge in [-0.1, -0.05) is 13.8 Å². The molecule has 0 radical (unpaired) electrons. The molecule has 78 valence electrons. The third-order valence-electron chi connectivity index (χ3n) is 1.92. The molecule has 0 aliphatic rings. The van der Waals surface area contributed by atoms with Crippen LogP contribution in [-0.2, 0) is 9.53 Å². The molecule has 0 bridgehead atoms. The summed E-state index contributed by atoms with van der Waals surface area (Å²) < 4.78 is 4.98. The van der Waals surface area contributed by atoms with Crippen molar-refractivity contribution >= 4 is 5.97 Å². The highest BCUT2D eigenvalue weighted by atomic mass is 16.5. The summed E-state index contributed by atoms with van der Waals surface area (Å²) in [4.78, 5) is 11.3. The van der Waals surface area contributed by atoms with Gasteiger partial charge in [0.1, 0.15) is 0 Å². The Balaban J connectivity index is 4.09. The largest absolute Gasteiger partial charge is 0.463 e. The van der Waals surface area contributed by atoms with Crippen LogP contribution in [-0.4, -0.2) is 23.3 Å². The fourth-order valence-electron chi connectivity index (χ4n) is 1.06. The summed E-state index contributed by atoms with van der Waals surface area (Å²) in [5, 5.41) is 9.58. The van der Waals surface area contributed by atoms with E-state index in [1.807, 2.05) is 13.8 Å². The van der Waals surface area contributed by atoms with Crippen molar-refractivity contribution in [1.82, 2.24) is 0 Å². The molecular formula is C10H20O3. The highest BCUT2D eigenvalue weighted by Crippen LogP contribution is 2.14. The summed E-state index contributed by atoms with van der Waals surface area (Å²) in [5.74, 6) is -0.687. The summed E-state index contributed by atoms with van der Waals surface area (Å²) in [6.07, 6.45) is -0.736. The van der Waals surface area contributed by atoms with Gasteiger partial charge in [-0.2, -0.15) is 0 Å². The van der Waals surface area contributed by atoms with Gasteiger partial charge in [-0.3, -0.25) is 4.79 Å². The lowest BCUT2D eigenvalue weighted by atomic mass is 9.95. The molecule has 0 aromatic heterocycles. The Morgan fingerprint density at radius 2 is 1.62 bits per heavy atom. The van der Waals surface area contributed by atoms with Gasteiger partial charge in [0.05, 0.1) is 18.1 Å². The van der Waals surface area contributed by atoms with Crippen molar-refractivity contribution in [2.75, 3.05) is 0 Å². The molecule has 3 nitrogen and oxygen atoms in total. The molecule has 0 unspecified atom stereocenters. The van der Waals surface area contributed by atoms with E-state index in [9.17, 15) is 9.90 Å². The molecule has 0 saturated heterocycles. The van der Waals surface area contributed by atoms with Crippen LogP contribution >= 0.6 is 0 Å². The van der Waals surface area contributed by atoms with Crippen LogP contribution in [0, 0.1) is 11.8 Å². The maximum absolute atomic E-state index is 11.3. The number of esters is 1. The Hall–Kier alpha value is -0.570. The zero-order valence-corrected chi connectivity index (χ0v) is 9.07. The minimum absolute atomic E-state index is 0.0784. The molecule has 3 heteroatoms. The minimum Gasteiger partial charge on any atom is -0.463 e. The number of aliphatic hydroxyl groups excluding tert-OH is 1. The topological polar surface area (TPSA) is 46.5 Å². The number of ether oxygens (including phenoxy) is 1. The highest BCUT2D eigenvalue weighted by molar-refractivity contribution is 5.72. The van der Waals surface area contributed by atoms with Gasteiger partial charge in [-0.15, -0.1) is 0 Å². The Morgan fingerprint density at radius 1 is 1.15 bits per heavy atom. The van der Waals surface area contributed by atoms with Gasteiger partial charge in [-0.05, 0) is 26.7 Å². The Labute approximate surface area is 80.1 Å². The van der Waals surface area contributed by atoms with E-state index in [-0.39, 0.29) is 18.0 Å². The molecule has 0 saturated carbocycles. The van der Waals surface area contributed by atoms with Crippen LogP contribution in [0.1, 0.15) is 34.6 Å².